The highest BCUT2D eigenvalue weighted by Crippen LogP contribution is 2.28. The highest BCUT2D eigenvalue weighted by atomic mass is 16.2. The number of benzene rings is 2. The van der Waals surface area contributed by atoms with E-state index in [9.17, 15) is 14.4 Å². The van der Waals surface area contributed by atoms with Crippen LogP contribution in [0.4, 0.5) is 5.69 Å². The Labute approximate surface area is 140 Å². The van der Waals surface area contributed by atoms with E-state index in [0.29, 0.717) is 23.4 Å². The molecule has 0 fully saturated rings. The average molecular weight is 319 g/mol. The van der Waals surface area contributed by atoms with E-state index in [2.05, 4.69) is 0 Å². The number of carbonyl (C=O) groups excluding carboxylic acids is 3. The number of ketones is 2. The lowest BCUT2D eigenvalue weighted by atomic mass is 9.84. The highest BCUT2D eigenvalue weighted by molar-refractivity contribution is 6.38. The van der Waals surface area contributed by atoms with Crippen molar-refractivity contribution in [1.82, 2.24) is 0 Å². The van der Waals surface area contributed by atoms with E-state index < -0.39 is 5.91 Å². The van der Waals surface area contributed by atoms with E-state index in [4.69, 9.17) is 0 Å². The van der Waals surface area contributed by atoms with Crippen LogP contribution < -0.4 is 4.90 Å². The number of rotatable bonds is 3. The maximum Gasteiger partial charge on any atom is 0.262 e. The highest BCUT2D eigenvalue weighted by Gasteiger charge is 2.35. The molecule has 0 N–H and O–H groups in total. The predicted molar refractivity (Wildman–Crippen MR) is 92.3 cm³/mol. The summed E-state index contributed by atoms with van der Waals surface area (Å²) in [5, 5.41) is 0. The molecule has 2 aromatic carbocycles. The van der Waals surface area contributed by atoms with Gasteiger partial charge in [0, 0.05) is 28.9 Å². The van der Waals surface area contributed by atoms with Gasteiger partial charge in [0.25, 0.3) is 5.91 Å². The molecule has 0 saturated carbocycles. The standard InChI is InChI=1S/C20H17NO3/c1-3-21(14-9-5-4-6-10-14)20(24)17-13(2)18(22)15-11-7-8-12-16(15)19(17)23/h4-12H,3H2,1-2H3. The summed E-state index contributed by atoms with van der Waals surface area (Å²) in [5.74, 6) is -1.09. The van der Waals surface area contributed by atoms with E-state index in [1.165, 1.54) is 4.90 Å². The second-order valence-electron chi connectivity index (χ2n) is 5.59. The van der Waals surface area contributed by atoms with Crippen molar-refractivity contribution in [3.05, 3.63) is 76.9 Å². The molecule has 120 valence electrons. The van der Waals surface area contributed by atoms with Gasteiger partial charge in [-0.15, -0.1) is 0 Å². The van der Waals surface area contributed by atoms with Crippen molar-refractivity contribution < 1.29 is 14.4 Å². The van der Waals surface area contributed by atoms with Crippen LogP contribution in [0.2, 0.25) is 0 Å². The van der Waals surface area contributed by atoms with Crippen LogP contribution in [0.1, 0.15) is 34.6 Å². The predicted octanol–water partition coefficient (Wildman–Crippen LogP) is 3.44. The van der Waals surface area contributed by atoms with Crippen molar-refractivity contribution in [3.63, 3.8) is 0 Å². The smallest absolute Gasteiger partial charge is 0.262 e. The molecule has 0 spiro atoms. The number of amides is 1. The molecule has 1 aliphatic rings. The summed E-state index contributed by atoms with van der Waals surface area (Å²) in [4.78, 5) is 39.9. The third kappa shape index (κ3) is 2.46. The van der Waals surface area contributed by atoms with Crippen LogP contribution in [-0.2, 0) is 4.79 Å². The Hall–Kier alpha value is -3.01. The van der Waals surface area contributed by atoms with E-state index in [0.717, 1.165) is 0 Å². The molecule has 2 aromatic rings. The van der Waals surface area contributed by atoms with Crippen molar-refractivity contribution in [2.45, 2.75) is 13.8 Å². The number of nitrogens with zero attached hydrogens (tertiary/aromatic N) is 1. The van der Waals surface area contributed by atoms with Crippen LogP contribution in [0.25, 0.3) is 0 Å². The first-order chi connectivity index (χ1) is 11.6. The van der Waals surface area contributed by atoms with Gasteiger partial charge in [-0.05, 0) is 26.0 Å². The van der Waals surface area contributed by atoms with Gasteiger partial charge >= 0.3 is 0 Å². The quantitative estimate of drug-likeness (QED) is 0.814. The Bertz CT molecular complexity index is 865. The first-order valence-corrected chi connectivity index (χ1v) is 7.82. The lowest BCUT2D eigenvalue weighted by Gasteiger charge is -2.25. The Morgan fingerprint density at radius 1 is 0.875 bits per heavy atom. The fourth-order valence-corrected chi connectivity index (χ4v) is 2.94. The number of Topliss-reactive ketones (excluding diaryl/α,β-unsaturated/α-hetero) is 2. The first kappa shape index (κ1) is 15.9. The van der Waals surface area contributed by atoms with E-state index in [1.807, 2.05) is 25.1 Å². The molecular weight excluding hydrogens is 302 g/mol. The molecule has 4 heteroatoms. The van der Waals surface area contributed by atoms with Gasteiger partial charge in [-0.2, -0.15) is 0 Å². The molecule has 0 saturated heterocycles. The third-order valence-electron chi connectivity index (χ3n) is 4.20. The minimum atomic E-state index is -0.436. The number of anilines is 1. The molecule has 1 amide bonds. The Morgan fingerprint density at radius 3 is 2.00 bits per heavy atom. The Balaban J connectivity index is 2.08. The number of allylic oxidation sites excluding steroid dienone is 1. The maximum absolute atomic E-state index is 13.0. The van der Waals surface area contributed by atoms with Gasteiger partial charge in [-0.1, -0.05) is 42.5 Å². The number of hydrogen-bond donors (Lipinski definition) is 0. The van der Waals surface area contributed by atoms with E-state index in [1.54, 1.807) is 43.3 Å². The van der Waals surface area contributed by atoms with Crippen LogP contribution in [0.3, 0.4) is 0 Å². The molecule has 24 heavy (non-hydrogen) atoms. The Kier molecular flexibility index (Phi) is 4.13. The van der Waals surface area contributed by atoms with Crippen molar-refractivity contribution >= 4 is 23.2 Å². The second kappa shape index (κ2) is 6.24. The van der Waals surface area contributed by atoms with Crippen molar-refractivity contribution in [3.8, 4) is 0 Å². The summed E-state index contributed by atoms with van der Waals surface area (Å²) in [6, 6.07) is 15.8. The molecular formula is C20H17NO3. The van der Waals surface area contributed by atoms with E-state index >= 15 is 0 Å². The summed E-state index contributed by atoms with van der Waals surface area (Å²) in [7, 11) is 0. The molecule has 3 rings (SSSR count). The van der Waals surface area contributed by atoms with Crippen LogP contribution in [0.5, 0.6) is 0 Å². The first-order valence-electron chi connectivity index (χ1n) is 7.82. The molecule has 0 unspecified atom stereocenters. The van der Waals surface area contributed by atoms with Gasteiger partial charge < -0.3 is 4.90 Å². The van der Waals surface area contributed by atoms with Crippen LogP contribution >= 0.6 is 0 Å². The molecule has 0 atom stereocenters. The number of fused-ring (bicyclic) bond motifs is 1. The fourth-order valence-electron chi connectivity index (χ4n) is 2.94. The summed E-state index contributed by atoms with van der Waals surface area (Å²) in [6.45, 7) is 3.79. The van der Waals surface area contributed by atoms with Gasteiger partial charge in [-0.25, -0.2) is 0 Å². The summed E-state index contributed by atoms with van der Waals surface area (Å²) in [5.41, 5.74) is 1.52. The van der Waals surface area contributed by atoms with Gasteiger partial charge in [0.1, 0.15) is 0 Å². The zero-order chi connectivity index (χ0) is 17.3. The normalized spacial score (nSPS) is 13.8. The van der Waals surface area contributed by atoms with Gasteiger partial charge in [0.15, 0.2) is 11.6 Å². The van der Waals surface area contributed by atoms with Crippen LogP contribution in [0.15, 0.2) is 65.7 Å². The average Bonchev–Trinajstić information content (AvgIpc) is 2.61. The topological polar surface area (TPSA) is 54.5 Å². The van der Waals surface area contributed by atoms with E-state index in [-0.39, 0.29) is 22.7 Å². The number of carbonyl (C=O) groups is 3. The van der Waals surface area contributed by atoms with Crippen LogP contribution in [0, 0.1) is 0 Å². The molecule has 0 radical (unpaired) electrons. The minimum Gasteiger partial charge on any atom is -0.309 e. The zero-order valence-electron chi connectivity index (χ0n) is 13.6. The summed E-state index contributed by atoms with van der Waals surface area (Å²) < 4.78 is 0. The zero-order valence-corrected chi connectivity index (χ0v) is 13.6. The molecule has 1 aliphatic carbocycles. The summed E-state index contributed by atoms with van der Waals surface area (Å²) >= 11 is 0. The van der Waals surface area contributed by atoms with Crippen molar-refractivity contribution in [1.29, 1.82) is 0 Å². The lowest BCUT2D eigenvalue weighted by molar-refractivity contribution is -0.114. The SMILES string of the molecule is CCN(C(=O)C1=C(C)C(=O)c2ccccc2C1=O)c1ccccc1. The fraction of sp³-hybridized carbons (Fsp3) is 0.150. The van der Waals surface area contributed by atoms with Gasteiger partial charge in [0.2, 0.25) is 0 Å². The minimum absolute atomic E-state index is 0.0376. The molecule has 0 bridgehead atoms. The molecule has 4 nitrogen and oxygen atoms in total. The van der Waals surface area contributed by atoms with Crippen molar-refractivity contribution in [2.24, 2.45) is 0 Å². The number of para-hydroxylation sites is 1. The van der Waals surface area contributed by atoms with Gasteiger partial charge in [0.05, 0.1) is 5.57 Å². The lowest BCUT2D eigenvalue weighted by Crippen LogP contribution is -2.37. The summed E-state index contributed by atoms with van der Waals surface area (Å²) in [6.07, 6.45) is 0. The van der Waals surface area contributed by atoms with Gasteiger partial charge in [-0.3, -0.25) is 14.4 Å². The van der Waals surface area contributed by atoms with Crippen molar-refractivity contribution in [2.75, 3.05) is 11.4 Å². The van der Waals surface area contributed by atoms with Crippen LogP contribution in [-0.4, -0.2) is 24.0 Å². The molecule has 0 aromatic heterocycles. The third-order valence-corrected chi connectivity index (χ3v) is 4.20. The largest absolute Gasteiger partial charge is 0.309 e. The number of hydrogen-bond acceptors (Lipinski definition) is 3. The molecule has 0 heterocycles. The maximum atomic E-state index is 13.0. The Morgan fingerprint density at radius 2 is 1.42 bits per heavy atom. The molecule has 0 aliphatic heterocycles. The monoisotopic (exact) mass is 319 g/mol. The number of likely N-dealkylation sites (N-methyl/N-ethyl adjacent to an activating group) is 1. The second-order valence-corrected chi connectivity index (χ2v) is 5.59.